The van der Waals surface area contributed by atoms with Crippen molar-refractivity contribution in [3.05, 3.63) is 48.6 Å². The molecule has 0 amide bonds. The molecule has 0 aromatic carbocycles. The molecule has 0 aliphatic carbocycles. The Hall–Kier alpha value is -2.22. The number of carbonyl (C=O) groups is 2. The van der Waals surface area contributed by atoms with E-state index in [9.17, 15) is 14.7 Å². The van der Waals surface area contributed by atoms with Gasteiger partial charge in [0.15, 0.2) is 5.79 Å². The number of ether oxygens (including phenoxy) is 3. The van der Waals surface area contributed by atoms with Gasteiger partial charge in [-0.05, 0) is 122 Å². The topological polar surface area (TPSA) is 85.3 Å². The normalized spacial score (nSPS) is 12.4. The third kappa shape index (κ3) is 44.2. The van der Waals surface area contributed by atoms with Gasteiger partial charge in [-0.25, -0.2) is 0 Å². The van der Waals surface area contributed by atoms with Crippen LogP contribution in [0.25, 0.3) is 0 Å². The van der Waals surface area contributed by atoms with Gasteiger partial charge in [-0.3, -0.25) is 9.59 Å². The summed E-state index contributed by atoms with van der Waals surface area (Å²) in [7, 11) is 2.89. The van der Waals surface area contributed by atoms with Crippen molar-refractivity contribution in [2.75, 3.05) is 40.5 Å². The van der Waals surface area contributed by atoms with Crippen LogP contribution in [0.15, 0.2) is 48.6 Å². The Morgan fingerprint density at radius 3 is 1.18 bits per heavy atom. The zero-order valence-electron chi connectivity index (χ0n) is 40.6. The average molecular weight is 858 g/mol. The molecule has 0 bridgehead atoms. The van der Waals surface area contributed by atoms with Crippen LogP contribution in [-0.4, -0.2) is 68.2 Å². The molecule has 0 saturated carbocycles. The van der Waals surface area contributed by atoms with E-state index in [2.05, 4.69) is 67.4 Å². The Morgan fingerprint density at radius 1 is 0.443 bits per heavy atom. The van der Waals surface area contributed by atoms with Crippen LogP contribution >= 0.6 is 0 Å². The Balaban J connectivity index is 4.78. The molecule has 0 heterocycles. The van der Waals surface area contributed by atoms with Crippen LogP contribution in [0.4, 0.5) is 0 Å². The minimum absolute atomic E-state index is 0.141. The summed E-state index contributed by atoms with van der Waals surface area (Å²) in [5, 5.41) is 11.8. The summed E-state index contributed by atoms with van der Waals surface area (Å²) >= 11 is 0. The quantitative estimate of drug-likeness (QED) is 0.0282. The van der Waals surface area contributed by atoms with Gasteiger partial charge in [-0.1, -0.05) is 152 Å². The molecule has 0 unspecified atom stereocenters. The summed E-state index contributed by atoms with van der Waals surface area (Å²) in [6.07, 6.45) is 56.7. The Morgan fingerprint density at radius 2 is 0.787 bits per heavy atom. The van der Waals surface area contributed by atoms with Gasteiger partial charge in [-0.15, -0.1) is 0 Å². The number of nitrogens with zero attached hydrogens (tertiary/aromatic N) is 1. The van der Waals surface area contributed by atoms with Crippen LogP contribution in [0.5, 0.6) is 0 Å². The molecule has 7 nitrogen and oxygen atoms in total. The van der Waals surface area contributed by atoms with E-state index in [1.807, 2.05) is 0 Å². The van der Waals surface area contributed by atoms with E-state index in [-0.39, 0.29) is 11.9 Å². The van der Waals surface area contributed by atoms with Crippen LogP contribution in [0.3, 0.4) is 0 Å². The molecule has 0 aromatic rings. The van der Waals surface area contributed by atoms with Gasteiger partial charge in [0.1, 0.15) is 0 Å². The van der Waals surface area contributed by atoms with Crippen LogP contribution < -0.4 is 0 Å². The molecule has 356 valence electrons. The molecule has 0 atom stereocenters. The van der Waals surface area contributed by atoms with Gasteiger partial charge in [0, 0.05) is 32.2 Å². The highest BCUT2D eigenvalue weighted by molar-refractivity contribution is 5.69. The van der Waals surface area contributed by atoms with Crippen molar-refractivity contribution in [1.29, 1.82) is 0 Å². The summed E-state index contributed by atoms with van der Waals surface area (Å²) in [6, 6.07) is 0. The van der Waals surface area contributed by atoms with Crippen LogP contribution in [-0.2, 0) is 23.8 Å². The highest BCUT2D eigenvalue weighted by atomic mass is 16.6. The number of hydrogen-bond donors (Lipinski definition) is 1. The first kappa shape index (κ1) is 58.8. The maximum Gasteiger partial charge on any atom is 0.305 e. The van der Waals surface area contributed by atoms with Crippen molar-refractivity contribution in [1.82, 2.24) is 4.90 Å². The van der Waals surface area contributed by atoms with Gasteiger partial charge >= 0.3 is 11.9 Å². The van der Waals surface area contributed by atoms with Crippen LogP contribution in [0.2, 0.25) is 0 Å². The van der Waals surface area contributed by atoms with Gasteiger partial charge in [0.25, 0.3) is 0 Å². The van der Waals surface area contributed by atoms with E-state index >= 15 is 0 Å². The largest absolute Gasteiger partial charge is 0.469 e. The number of hydrogen-bond acceptors (Lipinski definition) is 7. The van der Waals surface area contributed by atoms with E-state index in [0.717, 1.165) is 103 Å². The van der Waals surface area contributed by atoms with E-state index < -0.39 is 5.79 Å². The molecule has 0 aliphatic heterocycles. The fraction of sp³-hybridized carbons (Fsp3) is 0.815. The highest BCUT2D eigenvalue weighted by Crippen LogP contribution is 2.25. The highest BCUT2D eigenvalue weighted by Gasteiger charge is 2.26. The van der Waals surface area contributed by atoms with Crippen molar-refractivity contribution < 1.29 is 28.9 Å². The predicted molar refractivity (Wildman–Crippen MR) is 261 cm³/mol. The van der Waals surface area contributed by atoms with Crippen LogP contribution in [0, 0.1) is 0 Å². The molecule has 0 saturated heterocycles. The molecule has 7 heteroatoms. The molecule has 0 rings (SSSR count). The lowest BCUT2D eigenvalue weighted by molar-refractivity contribution is -0.214. The summed E-state index contributed by atoms with van der Waals surface area (Å²) in [5.41, 5.74) is 0. The zero-order valence-corrected chi connectivity index (χ0v) is 40.6. The first-order chi connectivity index (χ1) is 29.9. The molecule has 0 spiro atoms. The first-order valence-electron chi connectivity index (χ1n) is 25.7. The molecule has 61 heavy (non-hydrogen) atoms. The van der Waals surface area contributed by atoms with Crippen molar-refractivity contribution in [2.24, 2.45) is 0 Å². The number of rotatable bonds is 47. The summed E-state index contributed by atoms with van der Waals surface area (Å²) in [6.45, 7) is 7.93. The second-order valence-corrected chi connectivity index (χ2v) is 17.4. The van der Waals surface area contributed by atoms with E-state index in [0.29, 0.717) is 32.3 Å². The SMILES string of the molecule is CCCCC/C=C\C/C=C\CCCCCCCCC(O)(CCCCCCCC/C=C\C/C=C\CCCCC)OCCCN(CCCCCC(=O)OC)CCCCCC(=O)OC. The summed E-state index contributed by atoms with van der Waals surface area (Å²) in [4.78, 5) is 25.6. The maximum absolute atomic E-state index is 11.8. The number of carbonyl (C=O) groups excluding carboxylic acids is 2. The van der Waals surface area contributed by atoms with Gasteiger partial charge < -0.3 is 24.2 Å². The van der Waals surface area contributed by atoms with Crippen LogP contribution in [0.1, 0.15) is 239 Å². The second kappa shape index (κ2) is 47.3. The predicted octanol–water partition coefficient (Wildman–Crippen LogP) is 15.3. The van der Waals surface area contributed by atoms with Crippen molar-refractivity contribution in [3.8, 4) is 0 Å². The number of methoxy groups -OCH3 is 2. The minimum Gasteiger partial charge on any atom is -0.469 e. The van der Waals surface area contributed by atoms with E-state index in [4.69, 9.17) is 14.2 Å². The van der Waals surface area contributed by atoms with Gasteiger partial charge in [0.05, 0.1) is 20.8 Å². The Labute approximate surface area is 378 Å². The molecular weight excluding hydrogens is 759 g/mol. The standard InChI is InChI=1S/C54H99NO6/c1-5-7-9-11-13-15-17-19-21-23-25-27-29-31-33-39-46-54(58,47-40-34-32-30-28-26-24-22-20-18-16-14-12-10-8-6-2)61-51-43-50-55(48-41-35-37-44-52(56)59-3)49-42-36-38-45-53(57)60-4/h13-16,19-22,58H,5-12,17-18,23-51H2,1-4H3/b15-13-,16-14-,21-19-,22-20-. The number of aliphatic hydroxyl groups is 1. The third-order valence-electron chi connectivity index (χ3n) is 11.7. The molecule has 0 aliphatic rings. The average Bonchev–Trinajstić information content (AvgIpc) is 3.26. The lowest BCUT2D eigenvalue weighted by Gasteiger charge is -2.30. The van der Waals surface area contributed by atoms with Gasteiger partial charge in [-0.2, -0.15) is 0 Å². The first-order valence-corrected chi connectivity index (χ1v) is 25.7. The zero-order chi connectivity index (χ0) is 44.6. The number of esters is 2. The van der Waals surface area contributed by atoms with E-state index in [1.165, 1.54) is 130 Å². The number of allylic oxidation sites excluding steroid dienone is 8. The van der Waals surface area contributed by atoms with Gasteiger partial charge in [0.2, 0.25) is 0 Å². The third-order valence-corrected chi connectivity index (χ3v) is 11.7. The molecule has 0 radical (unpaired) electrons. The fourth-order valence-corrected chi connectivity index (χ4v) is 7.70. The smallest absolute Gasteiger partial charge is 0.305 e. The fourth-order valence-electron chi connectivity index (χ4n) is 7.70. The minimum atomic E-state index is -1.04. The van der Waals surface area contributed by atoms with E-state index in [1.54, 1.807) is 0 Å². The van der Waals surface area contributed by atoms with Crippen molar-refractivity contribution in [3.63, 3.8) is 0 Å². The molecule has 0 aromatic heterocycles. The summed E-state index contributed by atoms with van der Waals surface area (Å²) in [5.74, 6) is -1.33. The Bertz CT molecular complexity index is 994. The maximum atomic E-state index is 11.8. The lowest BCUT2D eigenvalue weighted by atomic mass is 9.98. The Kier molecular flexibility index (Phi) is 45.5. The number of unbranched alkanes of at least 4 members (excludes halogenated alkanes) is 22. The molecule has 0 fully saturated rings. The molecule has 1 N–H and O–H groups in total. The lowest BCUT2D eigenvalue weighted by Crippen LogP contribution is -2.34. The van der Waals surface area contributed by atoms with Crippen molar-refractivity contribution in [2.45, 2.75) is 244 Å². The molecular formula is C54H99NO6. The second-order valence-electron chi connectivity index (χ2n) is 17.4. The summed E-state index contributed by atoms with van der Waals surface area (Å²) < 4.78 is 16.0. The monoisotopic (exact) mass is 858 g/mol. The van der Waals surface area contributed by atoms with Crippen molar-refractivity contribution >= 4 is 11.9 Å².